The third kappa shape index (κ3) is 5.72. The van der Waals surface area contributed by atoms with Gasteiger partial charge in [0, 0.05) is 16.2 Å². The summed E-state index contributed by atoms with van der Waals surface area (Å²) in [6.45, 7) is 0. The molecular formula is C18H16BrClN2O3S. The van der Waals surface area contributed by atoms with Gasteiger partial charge in [0.2, 0.25) is 5.91 Å². The summed E-state index contributed by atoms with van der Waals surface area (Å²) in [5.41, 5.74) is 1.46. The Hall–Kier alpha value is -2.09. The molecule has 0 saturated heterocycles. The van der Waals surface area contributed by atoms with Crippen LogP contribution in [0.1, 0.15) is 5.56 Å². The van der Waals surface area contributed by atoms with Gasteiger partial charge in [-0.2, -0.15) is 0 Å². The molecule has 0 fully saturated rings. The molecule has 0 aliphatic rings. The smallest absolute Gasteiger partial charge is 0.250 e. The molecule has 0 radical (unpaired) electrons. The summed E-state index contributed by atoms with van der Waals surface area (Å²) >= 11 is 14.5. The fourth-order valence-corrected chi connectivity index (χ4v) is 2.66. The van der Waals surface area contributed by atoms with E-state index in [0.29, 0.717) is 22.2 Å². The van der Waals surface area contributed by atoms with E-state index in [1.807, 2.05) is 6.07 Å². The highest BCUT2D eigenvalue weighted by Gasteiger charge is 2.05. The molecule has 0 atom stereocenters. The Labute approximate surface area is 170 Å². The highest BCUT2D eigenvalue weighted by Crippen LogP contribution is 2.28. The van der Waals surface area contributed by atoms with Crippen LogP contribution in [0.4, 0.5) is 5.69 Å². The lowest BCUT2D eigenvalue weighted by atomic mass is 10.2. The molecule has 2 aromatic carbocycles. The summed E-state index contributed by atoms with van der Waals surface area (Å²) < 4.78 is 11.2. The first kappa shape index (κ1) is 20.2. The zero-order valence-electron chi connectivity index (χ0n) is 14.0. The number of ether oxygens (including phenoxy) is 2. The lowest BCUT2D eigenvalue weighted by Crippen LogP contribution is -2.32. The largest absolute Gasteiger partial charge is 0.493 e. The fourth-order valence-electron chi connectivity index (χ4n) is 2.02. The average Bonchev–Trinajstić information content (AvgIpc) is 2.62. The second-order valence-corrected chi connectivity index (χ2v) is 6.69. The Balaban J connectivity index is 1.96. The lowest BCUT2D eigenvalue weighted by Gasteiger charge is -2.09. The average molecular weight is 456 g/mol. The maximum atomic E-state index is 12.0. The number of benzene rings is 2. The summed E-state index contributed by atoms with van der Waals surface area (Å²) in [6, 6.07) is 10.6. The van der Waals surface area contributed by atoms with Crippen LogP contribution in [-0.4, -0.2) is 25.2 Å². The summed E-state index contributed by atoms with van der Waals surface area (Å²) in [5.74, 6) is 0.840. The SMILES string of the molecule is COc1ccc(C=CC(=O)NC(=S)Nc2ccc(Br)c(Cl)c2)cc1OC. The van der Waals surface area contributed by atoms with E-state index in [1.54, 1.807) is 50.6 Å². The van der Waals surface area contributed by atoms with Gasteiger partial charge in [-0.25, -0.2) is 0 Å². The van der Waals surface area contributed by atoms with Crippen molar-refractivity contribution in [1.82, 2.24) is 5.32 Å². The van der Waals surface area contributed by atoms with Gasteiger partial charge >= 0.3 is 0 Å². The summed E-state index contributed by atoms with van der Waals surface area (Å²) in [4.78, 5) is 12.0. The van der Waals surface area contributed by atoms with Crippen molar-refractivity contribution in [2.75, 3.05) is 19.5 Å². The molecule has 136 valence electrons. The van der Waals surface area contributed by atoms with E-state index in [-0.39, 0.29) is 11.0 Å². The van der Waals surface area contributed by atoms with Crippen LogP contribution in [0.3, 0.4) is 0 Å². The molecule has 26 heavy (non-hydrogen) atoms. The first-order valence-corrected chi connectivity index (χ1v) is 8.98. The molecule has 2 aromatic rings. The van der Waals surface area contributed by atoms with Gasteiger partial charge in [-0.3, -0.25) is 10.1 Å². The van der Waals surface area contributed by atoms with Crippen LogP contribution in [-0.2, 0) is 4.79 Å². The number of hydrogen-bond acceptors (Lipinski definition) is 4. The standard InChI is InChI=1S/C18H16BrClN2O3S/c1-24-15-7-3-11(9-16(15)25-2)4-8-17(23)22-18(26)21-12-5-6-13(19)14(20)10-12/h3-10H,1-2H3,(H2,21,22,23,26). The quantitative estimate of drug-likeness (QED) is 0.508. The first-order chi connectivity index (χ1) is 12.4. The summed E-state index contributed by atoms with van der Waals surface area (Å²) in [6.07, 6.45) is 3.03. The first-order valence-electron chi connectivity index (χ1n) is 7.40. The van der Waals surface area contributed by atoms with Crippen LogP contribution >= 0.6 is 39.7 Å². The van der Waals surface area contributed by atoms with Gasteiger partial charge in [-0.15, -0.1) is 0 Å². The van der Waals surface area contributed by atoms with Gasteiger partial charge in [0.25, 0.3) is 0 Å². The zero-order valence-corrected chi connectivity index (χ0v) is 17.2. The van der Waals surface area contributed by atoms with Crippen LogP contribution in [0, 0.1) is 0 Å². The number of anilines is 1. The maximum absolute atomic E-state index is 12.0. The van der Waals surface area contributed by atoms with Crippen molar-refractivity contribution >= 4 is 62.5 Å². The Kier molecular flexibility index (Phi) is 7.44. The molecule has 0 bridgehead atoms. The molecule has 0 saturated carbocycles. The summed E-state index contributed by atoms with van der Waals surface area (Å²) in [5, 5.41) is 6.17. The van der Waals surface area contributed by atoms with Gasteiger partial charge in [0.15, 0.2) is 16.6 Å². The lowest BCUT2D eigenvalue weighted by molar-refractivity contribution is -0.115. The molecule has 0 aliphatic heterocycles. The Morgan fingerprint density at radius 3 is 2.54 bits per heavy atom. The second-order valence-electron chi connectivity index (χ2n) is 5.02. The highest BCUT2D eigenvalue weighted by molar-refractivity contribution is 9.10. The molecular weight excluding hydrogens is 440 g/mol. The van der Waals surface area contributed by atoms with Crippen LogP contribution in [0.15, 0.2) is 46.9 Å². The van der Waals surface area contributed by atoms with Crippen LogP contribution < -0.4 is 20.1 Å². The van der Waals surface area contributed by atoms with E-state index in [4.69, 9.17) is 33.3 Å². The van der Waals surface area contributed by atoms with Gasteiger partial charge < -0.3 is 14.8 Å². The van der Waals surface area contributed by atoms with Crippen LogP contribution in [0.25, 0.3) is 6.08 Å². The van der Waals surface area contributed by atoms with Crippen molar-refractivity contribution in [2.45, 2.75) is 0 Å². The van der Waals surface area contributed by atoms with Crippen molar-refractivity contribution in [3.8, 4) is 11.5 Å². The summed E-state index contributed by atoms with van der Waals surface area (Å²) in [7, 11) is 3.11. The van der Waals surface area contributed by atoms with Gasteiger partial charge in [0.05, 0.1) is 19.2 Å². The van der Waals surface area contributed by atoms with E-state index < -0.39 is 0 Å². The van der Waals surface area contributed by atoms with Gasteiger partial charge in [0.1, 0.15) is 0 Å². The number of amides is 1. The molecule has 8 heteroatoms. The van der Waals surface area contributed by atoms with Crippen molar-refractivity contribution < 1.29 is 14.3 Å². The van der Waals surface area contributed by atoms with Crippen LogP contribution in [0.5, 0.6) is 11.5 Å². The monoisotopic (exact) mass is 454 g/mol. The Bertz CT molecular complexity index is 858. The predicted octanol–water partition coefficient (Wildman–Crippen LogP) is 4.65. The number of carbonyl (C=O) groups is 1. The molecule has 5 nitrogen and oxygen atoms in total. The number of nitrogens with one attached hydrogen (secondary N) is 2. The molecule has 0 aromatic heterocycles. The molecule has 2 rings (SSSR count). The Morgan fingerprint density at radius 1 is 1.15 bits per heavy atom. The minimum atomic E-state index is -0.361. The molecule has 2 N–H and O–H groups in total. The van der Waals surface area contributed by atoms with Crippen molar-refractivity contribution in [1.29, 1.82) is 0 Å². The van der Waals surface area contributed by atoms with Crippen molar-refractivity contribution in [3.05, 3.63) is 57.5 Å². The molecule has 0 unspecified atom stereocenters. The zero-order chi connectivity index (χ0) is 19.1. The van der Waals surface area contributed by atoms with Crippen molar-refractivity contribution in [2.24, 2.45) is 0 Å². The molecule has 0 aliphatic carbocycles. The number of halogens is 2. The van der Waals surface area contributed by atoms with E-state index in [9.17, 15) is 4.79 Å². The molecule has 0 heterocycles. The van der Waals surface area contributed by atoms with Gasteiger partial charge in [-0.05, 0) is 70.1 Å². The molecule has 0 spiro atoms. The van der Waals surface area contributed by atoms with E-state index in [1.165, 1.54) is 6.08 Å². The second kappa shape index (κ2) is 9.56. The topological polar surface area (TPSA) is 59.6 Å². The van der Waals surface area contributed by atoms with E-state index in [2.05, 4.69) is 26.6 Å². The maximum Gasteiger partial charge on any atom is 0.250 e. The third-order valence-corrected chi connectivity index (χ3v) is 4.69. The number of methoxy groups -OCH3 is 2. The normalized spacial score (nSPS) is 10.5. The van der Waals surface area contributed by atoms with Crippen LogP contribution in [0.2, 0.25) is 5.02 Å². The van der Waals surface area contributed by atoms with Gasteiger partial charge in [-0.1, -0.05) is 17.7 Å². The number of carbonyl (C=O) groups excluding carboxylic acids is 1. The fraction of sp³-hybridized carbons (Fsp3) is 0.111. The predicted molar refractivity (Wildman–Crippen MR) is 112 cm³/mol. The van der Waals surface area contributed by atoms with E-state index >= 15 is 0 Å². The minimum Gasteiger partial charge on any atom is -0.493 e. The minimum absolute atomic E-state index is 0.172. The Morgan fingerprint density at radius 2 is 1.88 bits per heavy atom. The third-order valence-electron chi connectivity index (χ3n) is 3.25. The highest BCUT2D eigenvalue weighted by atomic mass is 79.9. The number of rotatable bonds is 5. The van der Waals surface area contributed by atoms with Crippen molar-refractivity contribution in [3.63, 3.8) is 0 Å². The molecule has 1 amide bonds. The number of hydrogen-bond donors (Lipinski definition) is 2. The van der Waals surface area contributed by atoms with E-state index in [0.717, 1.165) is 10.0 Å². The number of thiocarbonyl (C=S) groups is 1.